The van der Waals surface area contributed by atoms with Gasteiger partial charge in [0.2, 0.25) is 0 Å². The Morgan fingerprint density at radius 3 is 3.14 bits per heavy atom. The van der Waals surface area contributed by atoms with Crippen LogP contribution in [0.5, 0.6) is 0 Å². The summed E-state index contributed by atoms with van der Waals surface area (Å²) in [6.07, 6.45) is 1.95. The Kier molecular flexibility index (Phi) is 3.08. The van der Waals surface area contributed by atoms with Crippen molar-refractivity contribution in [2.24, 2.45) is 5.73 Å². The van der Waals surface area contributed by atoms with E-state index in [4.69, 9.17) is 5.73 Å². The van der Waals surface area contributed by atoms with Gasteiger partial charge in [0.15, 0.2) is 0 Å². The van der Waals surface area contributed by atoms with Gasteiger partial charge in [-0.3, -0.25) is 0 Å². The topological polar surface area (TPSA) is 26.0 Å². The number of nitrogens with two attached hydrogens (primary N) is 1. The highest BCUT2D eigenvalue weighted by molar-refractivity contribution is 7.99. The molecule has 0 aromatic heterocycles. The zero-order chi connectivity index (χ0) is 9.97. The predicted molar refractivity (Wildman–Crippen MR) is 58.2 cm³/mol. The zero-order valence-electron chi connectivity index (χ0n) is 8.00. The summed E-state index contributed by atoms with van der Waals surface area (Å²) in [4.78, 5) is 1.11. The smallest absolute Gasteiger partial charge is 0.127 e. The minimum Gasteiger partial charge on any atom is -0.330 e. The molecule has 1 heterocycles. The zero-order valence-corrected chi connectivity index (χ0v) is 8.82. The van der Waals surface area contributed by atoms with Crippen molar-refractivity contribution in [1.29, 1.82) is 0 Å². The first-order valence-electron chi connectivity index (χ1n) is 4.94. The van der Waals surface area contributed by atoms with E-state index in [0.29, 0.717) is 12.5 Å². The van der Waals surface area contributed by atoms with E-state index in [2.05, 4.69) is 0 Å². The molecule has 1 atom stereocenters. The van der Waals surface area contributed by atoms with Crippen LogP contribution in [0, 0.1) is 5.82 Å². The fourth-order valence-electron chi connectivity index (χ4n) is 1.98. The summed E-state index contributed by atoms with van der Waals surface area (Å²) in [5.74, 6) is 1.35. The summed E-state index contributed by atoms with van der Waals surface area (Å²) in [5.41, 5.74) is 6.43. The van der Waals surface area contributed by atoms with Gasteiger partial charge in [0.25, 0.3) is 0 Å². The second-order valence-electron chi connectivity index (χ2n) is 3.56. The van der Waals surface area contributed by atoms with Gasteiger partial charge in [-0.15, -0.1) is 11.8 Å². The first-order valence-corrected chi connectivity index (χ1v) is 5.92. The highest BCUT2D eigenvalue weighted by Gasteiger charge is 2.22. The first kappa shape index (κ1) is 9.99. The second kappa shape index (κ2) is 4.32. The highest BCUT2D eigenvalue weighted by atomic mass is 32.2. The van der Waals surface area contributed by atoms with Crippen LogP contribution in [0.1, 0.15) is 24.3 Å². The number of thioether (sulfide) groups is 1. The Morgan fingerprint density at radius 1 is 1.50 bits per heavy atom. The average molecular weight is 211 g/mol. The standard InChI is InChI=1S/C11H14FNS/c12-9-2-1-3-10-11(9)8(4-6-13)5-7-14-10/h1-3,8H,4-7,13H2. The normalized spacial score (nSPS) is 20.6. The third kappa shape index (κ3) is 1.79. The molecule has 0 aliphatic carbocycles. The van der Waals surface area contributed by atoms with Gasteiger partial charge >= 0.3 is 0 Å². The van der Waals surface area contributed by atoms with Crippen LogP contribution in [0.3, 0.4) is 0 Å². The van der Waals surface area contributed by atoms with Gasteiger partial charge in [-0.05, 0) is 43.2 Å². The molecule has 1 aromatic rings. The number of hydrogen-bond acceptors (Lipinski definition) is 2. The molecule has 2 rings (SSSR count). The van der Waals surface area contributed by atoms with E-state index in [0.717, 1.165) is 29.1 Å². The molecule has 0 bridgehead atoms. The lowest BCUT2D eigenvalue weighted by Gasteiger charge is -2.24. The monoisotopic (exact) mass is 211 g/mol. The quantitative estimate of drug-likeness (QED) is 0.814. The van der Waals surface area contributed by atoms with Crippen LogP contribution in [-0.4, -0.2) is 12.3 Å². The van der Waals surface area contributed by atoms with Crippen molar-refractivity contribution in [3.05, 3.63) is 29.6 Å². The van der Waals surface area contributed by atoms with Crippen molar-refractivity contribution in [2.45, 2.75) is 23.7 Å². The van der Waals surface area contributed by atoms with E-state index in [1.807, 2.05) is 6.07 Å². The van der Waals surface area contributed by atoms with Crippen molar-refractivity contribution in [3.8, 4) is 0 Å². The predicted octanol–water partition coefficient (Wildman–Crippen LogP) is 2.75. The van der Waals surface area contributed by atoms with Crippen LogP contribution in [0.25, 0.3) is 0 Å². The van der Waals surface area contributed by atoms with E-state index in [1.54, 1.807) is 23.9 Å². The number of hydrogen-bond donors (Lipinski definition) is 1. The molecule has 0 fully saturated rings. The molecule has 0 saturated carbocycles. The lowest BCUT2D eigenvalue weighted by molar-refractivity contribution is 0.535. The fraction of sp³-hybridized carbons (Fsp3) is 0.455. The second-order valence-corrected chi connectivity index (χ2v) is 4.70. The minimum atomic E-state index is -0.0619. The van der Waals surface area contributed by atoms with Crippen molar-refractivity contribution in [3.63, 3.8) is 0 Å². The van der Waals surface area contributed by atoms with Gasteiger partial charge in [-0.1, -0.05) is 6.07 Å². The molecule has 3 heteroatoms. The number of halogens is 1. The average Bonchev–Trinajstić information content (AvgIpc) is 2.19. The minimum absolute atomic E-state index is 0.0619. The van der Waals surface area contributed by atoms with Crippen LogP contribution < -0.4 is 5.73 Å². The molecule has 0 radical (unpaired) electrons. The fourth-order valence-corrected chi connectivity index (χ4v) is 3.20. The molecule has 0 spiro atoms. The molecule has 0 amide bonds. The maximum atomic E-state index is 13.6. The molecular formula is C11H14FNS. The van der Waals surface area contributed by atoms with Gasteiger partial charge in [0.1, 0.15) is 5.82 Å². The van der Waals surface area contributed by atoms with E-state index in [-0.39, 0.29) is 5.82 Å². The van der Waals surface area contributed by atoms with Crippen molar-refractivity contribution < 1.29 is 4.39 Å². The summed E-state index contributed by atoms with van der Waals surface area (Å²) in [5, 5.41) is 0. The van der Waals surface area contributed by atoms with Gasteiger partial charge in [-0.25, -0.2) is 4.39 Å². The molecule has 1 nitrogen and oxygen atoms in total. The van der Waals surface area contributed by atoms with Crippen LogP contribution in [0.2, 0.25) is 0 Å². The molecule has 0 saturated heterocycles. The SMILES string of the molecule is NCCC1CCSc2cccc(F)c21. The maximum Gasteiger partial charge on any atom is 0.127 e. The van der Waals surface area contributed by atoms with E-state index in [1.165, 1.54) is 0 Å². The van der Waals surface area contributed by atoms with Crippen molar-refractivity contribution >= 4 is 11.8 Å². The van der Waals surface area contributed by atoms with Crippen molar-refractivity contribution in [1.82, 2.24) is 0 Å². The molecular weight excluding hydrogens is 197 g/mol. The van der Waals surface area contributed by atoms with Crippen molar-refractivity contribution in [2.75, 3.05) is 12.3 Å². The van der Waals surface area contributed by atoms with E-state index in [9.17, 15) is 4.39 Å². The summed E-state index contributed by atoms with van der Waals surface area (Å²) < 4.78 is 13.6. The van der Waals surface area contributed by atoms with Gasteiger partial charge < -0.3 is 5.73 Å². The van der Waals surface area contributed by atoms with Gasteiger partial charge in [0.05, 0.1) is 0 Å². The van der Waals surface area contributed by atoms with Crippen LogP contribution in [-0.2, 0) is 0 Å². The summed E-state index contributed by atoms with van der Waals surface area (Å²) >= 11 is 1.75. The van der Waals surface area contributed by atoms with Gasteiger partial charge in [-0.2, -0.15) is 0 Å². The molecule has 1 aliphatic rings. The Labute approximate surface area is 87.9 Å². The summed E-state index contributed by atoms with van der Waals surface area (Å²) in [6.45, 7) is 0.642. The van der Waals surface area contributed by atoms with E-state index < -0.39 is 0 Å². The molecule has 1 unspecified atom stereocenters. The van der Waals surface area contributed by atoms with E-state index >= 15 is 0 Å². The summed E-state index contributed by atoms with van der Waals surface area (Å²) in [7, 11) is 0. The number of fused-ring (bicyclic) bond motifs is 1. The van der Waals surface area contributed by atoms with Crippen LogP contribution in [0.15, 0.2) is 23.1 Å². The Morgan fingerprint density at radius 2 is 2.36 bits per heavy atom. The Hall–Kier alpha value is -0.540. The van der Waals surface area contributed by atoms with Gasteiger partial charge in [0, 0.05) is 10.5 Å². The highest BCUT2D eigenvalue weighted by Crippen LogP contribution is 2.40. The Balaban J connectivity index is 2.36. The third-order valence-corrected chi connectivity index (χ3v) is 3.77. The lowest BCUT2D eigenvalue weighted by atomic mass is 9.92. The first-order chi connectivity index (χ1) is 6.83. The third-order valence-electron chi connectivity index (χ3n) is 2.66. The molecule has 76 valence electrons. The molecule has 14 heavy (non-hydrogen) atoms. The Bertz CT molecular complexity index is 327. The molecule has 1 aliphatic heterocycles. The van der Waals surface area contributed by atoms with Crippen LogP contribution in [0.4, 0.5) is 4.39 Å². The van der Waals surface area contributed by atoms with Crippen LogP contribution >= 0.6 is 11.8 Å². The molecule has 2 N–H and O–H groups in total. The lowest BCUT2D eigenvalue weighted by Crippen LogP contribution is -2.14. The molecule has 1 aromatic carbocycles. The largest absolute Gasteiger partial charge is 0.330 e. The number of rotatable bonds is 2. The number of benzene rings is 1. The summed E-state index contributed by atoms with van der Waals surface area (Å²) in [6, 6.07) is 5.34. The maximum absolute atomic E-state index is 13.6.